The topological polar surface area (TPSA) is 69.8 Å². The van der Waals surface area contributed by atoms with Gasteiger partial charge in [0.25, 0.3) is 5.91 Å². The van der Waals surface area contributed by atoms with Crippen LogP contribution in [0.1, 0.15) is 36.2 Å². The molecular weight excluding hydrogens is 276 g/mol. The fourth-order valence-electron chi connectivity index (χ4n) is 3.63. The Bertz CT molecular complexity index is 654. The fraction of sp³-hybridized carbons (Fsp3) is 0.412. The lowest BCUT2D eigenvalue weighted by molar-refractivity contribution is 0.0919. The van der Waals surface area contributed by atoms with E-state index in [4.69, 9.17) is 0 Å². The number of hydrogen-bond donors (Lipinski definition) is 3. The van der Waals surface area contributed by atoms with Crippen molar-refractivity contribution < 1.29 is 4.79 Å². The molecule has 114 valence electrons. The second kappa shape index (κ2) is 5.57. The molecule has 0 saturated carbocycles. The van der Waals surface area contributed by atoms with E-state index in [0.29, 0.717) is 17.8 Å². The first-order valence-corrected chi connectivity index (χ1v) is 7.95. The lowest BCUT2D eigenvalue weighted by Crippen LogP contribution is -2.48. The molecule has 2 saturated heterocycles. The van der Waals surface area contributed by atoms with Crippen molar-refractivity contribution >= 4 is 5.91 Å². The Morgan fingerprint density at radius 1 is 1.14 bits per heavy atom. The van der Waals surface area contributed by atoms with Gasteiger partial charge in [-0.15, -0.1) is 0 Å². The maximum absolute atomic E-state index is 12.4. The van der Waals surface area contributed by atoms with Crippen molar-refractivity contribution in [3.05, 3.63) is 42.1 Å². The third kappa shape index (κ3) is 2.64. The van der Waals surface area contributed by atoms with Crippen LogP contribution >= 0.6 is 0 Å². The van der Waals surface area contributed by atoms with Crippen molar-refractivity contribution in [2.75, 3.05) is 0 Å². The number of hydrogen-bond acceptors (Lipinski definition) is 3. The highest BCUT2D eigenvalue weighted by Gasteiger charge is 2.34. The van der Waals surface area contributed by atoms with Crippen LogP contribution in [-0.4, -0.2) is 34.2 Å². The highest BCUT2D eigenvalue weighted by molar-refractivity contribution is 5.93. The van der Waals surface area contributed by atoms with Gasteiger partial charge < -0.3 is 10.6 Å². The summed E-state index contributed by atoms with van der Waals surface area (Å²) in [7, 11) is 0. The number of nitrogens with zero attached hydrogens (tertiary/aromatic N) is 1. The molecule has 0 radical (unpaired) electrons. The van der Waals surface area contributed by atoms with Crippen LogP contribution < -0.4 is 10.6 Å². The van der Waals surface area contributed by atoms with Crippen LogP contribution in [0.3, 0.4) is 0 Å². The van der Waals surface area contributed by atoms with Crippen molar-refractivity contribution in [3.8, 4) is 11.3 Å². The molecular formula is C17H20N4O. The molecule has 5 nitrogen and oxygen atoms in total. The Morgan fingerprint density at radius 3 is 2.59 bits per heavy atom. The molecule has 0 aliphatic carbocycles. The quantitative estimate of drug-likeness (QED) is 0.812. The van der Waals surface area contributed by atoms with E-state index in [1.807, 2.05) is 36.4 Å². The monoisotopic (exact) mass is 296 g/mol. The van der Waals surface area contributed by atoms with E-state index >= 15 is 0 Å². The van der Waals surface area contributed by atoms with Crippen molar-refractivity contribution in [2.45, 2.75) is 43.8 Å². The predicted molar refractivity (Wildman–Crippen MR) is 84.5 cm³/mol. The van der Waals surface area contributed by atoms with Crippen molar-refractivity contribution in [1.29, 1.82) is 0 Å². The van der Waals surface area contributed by atoms with Crippen LogP contribution in [0.5, 0.6) is 0 Å². The molecule has 0 spiro atoms. The van der Waals surface area contributed by atoms with Crippen molar-refractivity contribution in [2.24, 2.45) is 0 Å². The summed E-state index contributed by atoms with van der Waals surface area (Å²) in [6.45, 7) is 0. The number of piperidine rings is 1. The Hall–Kier alpha value is -2.14. The molecule has 1 aromatic heterocycles. The smallest absolute Gasteiger partial charge is 0.269 e. The third-order valence-corrected chi connectivity index (χ3v) is 4.70. The molecule has 1 amide bonds. The summed E-state index contributed by atoms with van der Waals surface area (Å²) in [5, 5.41) is 13.8. The number of H-pyrrole nitrogens is 1. The van der Waals surface area contributed by atoms with Crippen molar-refractivity contribution in [1.82, 2.24) is 20.8 Å². The van der Waals surface area contributed by atoms with Gasteiger partial charge in [0.05, 0.1) is 5.69 Å². The van der Waals surface area contributed by atoms with E-state index in [0.717, 1.165) is 24.1 Å². The molecule has 2 atom stereocenters. The maximum atomic E-state index is 12.4. The molecule has 3 heterocycles. The Labute approximate surface area is 129 Å². The van der Waals surface area contributed by atoms with Gasteiger partial charge in [-0.05, 0) is 31.7 Å². The first kappa shape index (κ1) is 13.5. The summed E-state index contributed by atoms with van der Waals surface area (Å²) < 4.78 is 0. The largest absolute Gasteiger partial charge is 0.348 e. The van der Waals surface area contributed by atoms with Gasteiger partial charge in [-0.1, -0.05) is 30.3 Å². The minimum absolute atomic E-state index is 0.0546. The summed E-state index contributed by atoms with van der Waals surface area (Å²) in [6.07, 6.45) is 4.53. The molecule has 3 N–H and O–H groups in total. The standard InChI is InChI=1S/C17H20N4O/c22-17(19-14-8-12-6-7-13(9-14)18-12)16-10-15(20-21-16)11-4-2-1-3-5-11/h1-5,10,12-14,18H,6-9H2,(H,19,22)(H,20,21). The zero-order chi connectivity index (χ0) is 14.9. The number of aromatic nitrogens is 2. The maximum Gasteiger partial charge on any atom is 0.269 e. The van der Waals surface area contributed by atoms with Crippen LogP contribution in [0.15, 0.2) is 36.4 Å². The molecule has 1 aromatic carbocycles. The molecule has 2 bridgehead atoms. The van der Waals surface area contributed by atoms with Gasteiger partial charge in [0.15, 0.2) is 0 Å². The van der Waals surface area contributed by atoms with Crippen molar-refractivity contribution in [3.63, 3.8) is 0 Å². The summed E-state index contributed by atoms with van der Waals surface area (Å²) in [4.78, 5) is 12.4. The van der Waals surface area contributed by atoms with Gasteiger partial charge in [-0.3, -0.25) is 9.89 Å². The first-order valence-electron chi connectivity index (χ1n) is 7.95. The third-order valence-electron chi connectivity index (χ3n) is 4.70. The summed E-state index contributed by atoms with van der Waals surface area (Å²) in [5.41, 5.74) is 2.35. The first-order chi connectivity index (χ1) is 10.8. The molecule has 2 aromatic rings. The van der Waals surface area contributed by atoms with Crippen LogP contribution in [0.25, 0.3) is 11.3 Å². The van der Waals surface area contributed by atoms with E-state index in [1.54, 1.807) is 0 Å². The number of carbonyl (C=O) groups is 1. The van der Waals surface area contributed by atoms with Crippen LogP contribution in [0.4, 0.5) is 0 Å². The van der Waals surface area contributed by atoms with Gasteiger partial charge in [0.2, 0.25) is 0 Å². The van der Waals surface area contributed by atoms with E-state index in [1.165, 1.54) is 12.8 Å². The summed E-state index contributed by atoms with van der Waals surface area (Å²) >= 11 is 0. The second-order valence-corrected chi connectivity index (χ2v) is 6.31. The highest BCUT2D eigenvalue weighted by atomic mass is 16.2. The van der Waals surface area contributed by atoms with E-state index in [2.05, 4.69) is 20.8 Å². The summed E-state index contributed by atoms with van der Waals surface area (Å²) in [5.74, 6) is -0.0546. The van der Waals surface area contributed by atoms with E-state index in [-0.39, 0.29) is 11.9 Å². The number of nitrogens with one attached hydrogen (secondary N) is 3. The van der Waals surface area contributed by atoms with Gasteiger partial charge in [0.1, 0.15) is 5.69 Å². The number of rotatable bonds is 3. The lowest BCUT2D eigenvalue weighted by Gasteiger charge is -2.29. The molecule has 2 fully saturated rings. The lowest BCUT2D eigenvalue weighted by atomic mass is 10.00. The molecule has 2 unspecified atom stereocenters. The fourth-order valence-corrected chi connectivity index (χ4v) is 3.63. The van der Waals surface area contributed by atoms with Gasteiger partial charge in [-0.2, -0.15) is 5.10 Å². The average molecular weight is 296 g/mol. The number of carbonyl (C=O) groups excluding carboxylic acids is 1. The highest BCUT2D eigenvalue weighted by Crippen LogP contribution is 2.27. The zero-order valence-corrected chi connectivity index (χ0v) is 12.4. The molecule has 2 aliphatic heterocycles. The van der Waals surface area contributed by atoms with Gasteiger partial charge >= 0.3 is 0 Å². The Kier molecular flexibility index (Phi) is 3.42. The normalized spacial score (nSPS) is 26.8. The average Bonchev–Trinajstić information content (AvgIpc) is 3.15. The Balaban J connectivity index is 1.44. The number of fused-ring (bicyclic) bond motifs is 2. The van der Waals surface area contributed by atoms with Crippen LogP contribution in [-0.2, 0) is 0 Å². The zero-order valence-electron chi connectivity index (χ0n) is 12.4. The SMILES string of the molecule is O=C(NC1CC2CCC(C1)N2)c1cc(-c2ccccc2)n[nH]1. The summed E-state index contributed by atoms with van der Waals surface area (Å²) in [6, 6.07) is 13.1. The second-order valence-electron chi connectivity index (χ2n) is 6.31. The number of aromatic amines is 1. The van der Waals surface area contributed by atoms with E-state index in [9.17, 15) is 4.79 Å². The van der Waals surface area contributed by atoms with Gasteiger partial charge in [0, 0.05) is 23.7 Å². The number of benzene rings is 1. The predicted octanol–water partition coefficient (Wildman–Crippen LogP) is 2.09. The Morgan fingerprint density at radius 2 is 1.86 bits per heavy atom. The van der Waals surface area contributed by atoms with Gasteiger partial charge in [-0.25, -0.2) is 0 Å². The minimum Gasteiger partial charge on any atom is -0.348 e. The number of amides is 1. The molecule has 22 heavy (non-hydrogen) atoms. The molecule has 4 rings (SSSR count). The molecule has 5 heteroatoms. The van der Waals surface area contributed by atoms with Crippen LogP contribution in [0, 0.1) is 0 Å². The minimum atomic E-state index is -0.0546. The van der Waals surface area contributed by atoms with Crippen LogP contribution in [0.2, 0.25) is 0 Å². The molecule has 2 aliphatic rings. The van der Waals surface area contributed by atoms with E-state index < -0.39 is 0 Å².